The fraction of sp³-hybridized carbons (Fsp3) is 0.0952. The molecule has 0 spiro atoms. The maximum atomic E-state index is 12.7. The molecule has 3 aromatic carbocycles. The van der Waals surface area contributed by atoms with Gasteiger partial charge in [0.25, 0.3) is 0 Å². The molecule has 150 valence electrons. The summed E-state index contributed by atoms with van der Waals surface area (Å²) < 4.78 is 43.8. The van der Waals surface area contributed by atoms with Crippen molar-refractivity contribution < 1.29 is 27.8 Å². The van der Waals surface area contributed by atoms with E-state index in [4.69, 9.17) is 4.74 Å². The number of phenolic OH excluding ortho intramolecular Hbond substituents is 1. The third kappa shape index (κ3) is 5.65. The van der Waals surface area contributed by atoms with Gasteiger partial charge in [-0.25, -0.2) is 4.79 Å². The SMILES string of the molecule is O=C(Nc1cccc(C(F)(F)F)c1)Nc1ccc(OCc2ccccc2)cc1O. The zero-order chi connectivity index (χ0) is 20.9. The number of urea groups is 1. The average molecular weight is 402 g/mol. The molecule has 0 atom stereocenters. The minimum absolute atomic E-state index is 0.0281. The van der Waals surface area contributed by atoms with Crippen molar-refractivity contribution in [1.82, 2.24) is 0 Å². The number of alkyl halides is 3. The van der Waals surface area contributed by atoms with Crippen molar-refractivity contribution in [3.63, 3.8) is 0 Å². The molecule has 0 saturated heterocycles. The number of ether oxygens (including phenoxy) is 1. The minimum atomic E-state index is -4.51. The zero-order valence-electron chi connectivity index (χ0n) is 15.0. The molecular formula is C21H17F3N2O3. The first-order valence-electron chi connectivity index (χ1n) is 8.56. The van der Waals surface area contributed by atoms with Crippen LogP contribution in [-0.2, 0) is 12.8 Å². The fourth-order valence-electron chi connectivity index (χ4n) is 2.51. The first-order chi connectivity index (χ1) is 13.8. The molecule has 0 fully saturated rings. The Bertz CT molecular complexity index is 992. The van der Waals surface area contributed by atoms with Gasteiger partial charge in [0.05, 0.1) is 11.3 Å². The summed E-state index contributed by atoms with van der Waals surface area (Å²) in [5, 5.41) is 14.8. The van der Waals surface area contributed by atoms with Gasteiger partial charge in [-0.1, -0.05) is 36.4 Å². The van der Waals surface area contributed by atoms with Crippen molar-refractivity contribution in [2.75, 3.05) is 10.6 Å². The average Bonchev–Trinajstić information content (AvgIpc) is 2.68. The quantitative estimate of drug-likeness (QED) is 0.484. The lowest BCUT2D eigenvalue weighted by Crippen LogP contribution is -2.19. The van der Waals surface area contributed by atoms with Crippen molar-refractivity contribution in [2.24, 2.45) is 0 Å². The number of phenols is 1. The molecular weight excluding hydrogens is 385 g/mol. The summed E-state index contributed by atoms with van der Waals surface area (Å²) in [7, 11) is 0. The molecule has 0 bridgehead atoms. The van der Waals surface area contributed by atoms with E-state index in [1.165, 1.54) is 24.3 Å². The Kier molecular flexibility index (Phi) is 5.92. The Morgan fingerprint density at radius 2 is 1.69 bits per heavy atom. The molecule has 29 heavy (non-hydrogen) atoms. The number of rotatable bonds is 5. The van der Waals surface area contributed by atoms with Crippen molar-refractivity contribution in [3.8, 4) is 11.5 Å². The van der Waals surface area contributed by atoms with Gasteiger partial charge < -0.3 is 20.5 Å². The number of anilines is 2. The Morgan fingerprint density at radius 3 is 2.38 bits per heavy atom. The number of carbonyl (C=O) groups excluding carboxylic acids is 1. The van der Waals surface area contributed by atoms with Gasteiger partial charge in [-0.2, -0.15) is 13.2 Å². The molecule has 0 aromatic heterocycles. The molecule has 2 amide bonds. The van der Waals surface area contributed by atoms with Gasteiger partial charge in [0.2, 0.25) is 0 Å². The summed E-state index contributed by atoms with van der Waals surface area (Å²) >= 11 is 0. The molecule has 0 aliphatic rings. The molecule has 3 aromatic rings. The van der Waals surface area contributed by atoms with Crippen LogP contribution in [0.3, 0.4) is 0 Å². The van der Waals surface area contributed by atoms with Crippen LogP contribution in [0, 0.1) is 0 Å². The molecule has 3 N–H and O–H groups in total. The highest BCUT2D eigenvalue weighted by Gasteiger charge is 2.30. The third-order valence-corrected chi connectivity index (χ3v) is 3.91. The van der Waals surface area contributed by atoms with Crippen LogP contribution in [-0.4, -0.2) is 11.1 Å². The summed E-state index contributed by atoms with van der Waals surface area (Å²) in [5.41, 5.74) is 0.133. The van der Waals surface area contributed by atoms with E-state index >= 15 is 0 Å². The number of benzene rings is 3. The highest BCUT2D eigenvalue weighted by molar-refractivity contribution is 6.00. The van der Waals surface area contributed by atoms with Crippen LogP contribution < -0.4 is 15.4 Å². The van der Waals surface area contributed by atoms with Crippen molar-refractivity contribution in [1.29, 1.82) is 0 Å². The second-order valence-electron chi connectivity index (χ2n) is 6.11. The van der Waals surface area contributed by atoms with E-state index in [-0.39, 0.29) is 17.1 Å². The first-order valence-corrected chi connectivity index (χ1v) is 8.56. The van der Waals surface area contributed by atoms with E-state index in [0.29, 0.717) is 12.4 Å². The molecule has 0 radical (unpaired) electrons. The number of hydrogen-bond donors (Lipinski definition) is 3. The maximum absolute atomic E-state index is 12.7. The van der Waals surface area contributed by atoms with Crippen molar-refractivity contribution >= 4 is 17.4 Å². The molecule has 0 saturated carbocycles. The summed E-state index contributed by atoms with van der Waals surface area (Å²) in [5.74, 6) is 0.157. The van der Waals surface area contributed by atoms with Crippen LogP contribution in [0.2, 0.25) is 0 Å². The lowest BCUT2D eigenvalue weighted by atomic mass is 10.2. The Morgan fingerprint density at radius 1 is 0.931 bits per heavy atom. The van der Waals surface area contributed by atoms with Gasteiger partial charge in [0, 0.05) is 11.8 Å². The highest BCUT2D eigenvalue weighted by Crippen LogP contribution is 2.31. The van der Waals surface area contributed by atoms with Crippen LogP contribution in [0.15, 0.2) is 72.8 Å². The highest BCUT2D eigenvalue weighted by atomic mass is 19.4. The van der Waals surface area contributed by atoms with Crippen LogP contribution in [0.25, 0.3) is 0 Å². The third-order valence-electron chi connectivity index (χ3n) is 3.91. The second-order valence-corrected chi connectivity index (χ2v) is 6.11. The molecule has 0 aliphatic carbocycles. The van der Waals surface area contributed by atoms with Gasteiger partial charge in [0.1, 0.15) is 18.1 Å². The fourth-order valence-corrected chi connectivity index (χ4v) is 2.51. The van der Waals surface area contributed by atoms with Crippen LogP contribution in [0.5, 0.6) is 11.5 Å². The summed E-state index contributed by atoms with van der Waals surface area (Å²) in [6.45, 7) is 0.309. The number of carbonyl (C=O) groups is 1. The molecule has 5 nitrogen and oxygen atoms in total. The number of aromatic hydroxyl groups is 1. The second kappa shape index (κ2) is 8.55. The van der Waals surface area contributed by atoms with Gasteiger partial charge in [0.15, 0.2) is 0 Å². The van der Waals surface area contributed by atoms with Crippen molar-refractivity contribution in [2.45, 2.75) is 12.8 Å². The molecule has 0 unspecified atom stereocenters. The zero-order valence-corrected chi connectivity index (χ0v) is 15.0. The van der Waals surface area contributed by atoms with Gasteiger partial charge >= 0.3 is 12.2 Å². The normalized spacial score (nSPS) is 11.0. The van der Waals surface area contributed by atoms with E-state index < -0.39 is 17.8 Å². The smallest absolute Gasteiger partial charge is 0.416 e. The van der Waals surface area contributed by atoms with Gasteiger partial charge in [-0.05, 0) is 35.9 Å². The van der Waals surface area contributed by atoms with Crippen LogP contribution >= 0.6 is 0 Å². The van der Waals surface area contributed by atoms with E-state index in [0.717, 1.165) is 17.7 Å². The Hall–Kier alpha value is -3.68. The van der Waals surface area contributed by atoms with E-state index in [9.17, 15) is 23.1 Å². The monoisotopic (exact) mass is 402 g/mol. The molecule has 0 heterocycles. The predicted molar refractivity (Wildman–Crippen MR) is 103 cm³/mol. The van der Waals surface area contributed by atoms with Crippen LogP contribution in [0.1, 0.15) is 11.1 Å². The van der Waals surface area contributed by atoms with E-state index in [1.54, 1.807) is 6.07 Å². The number of nitrogens with one attached hydrogen (secondary N) is 2. The Labute approximate surface area is 164 Å². The largest absolute Gasteiger partial charge is 0.506 e. The topological polar surface area (TPSA) is 70.6 Å². The molecule has 3 rings (SSSR count). The number of halogens is 3. The number of hydrogen-bond acceptors (Lipinski definition) is 3. The number of amides is 2. The maximum Gasteiger partial charge on any atom is 0.416 e. The lowest BCUT2D eigenvalue weighted by molar-refractivity contribution is -0.137. The minimum Gasteiger partial charge on any atom is -0.506 e. The van der Waals surface area contributed by atoms with E-state index in [2.05, 4.69) is 10.6 Å². The van der Waals surface area contributed by atoms with Gasteiger partial charge in [-0.3, -0.25) is 0 Å². The first kappa shape index (κ1) is 20.1. The lowest BCUT2D eigenvalue weighted by Gasteiger charge is -2.12. The standard InChI is InChI=1S/C21H17F3N2O3/c22-21(23,24)15-7-4-8-16(11-15)25-20(28)26-18-10-9-17(12-19(18)27)29-13-14-5-2-1-3-6-14/h1-12,27H,13H2,(H2,25,26,28). The van der Waals surface area contributed by atoms with Crippen molar-refractivity contribution in [3.05, 3.63) is 83.9 Å². The summed E-state index contributed by atoms with van der Waals surface area (Å²) in [6.07, 6.45) is -4.51. The van der Waals surface area contributed by atoms with E-state index in [1.807, 2.05) is 30.3 Å². The summed E-state index contributed by atoms with van der Waals surface area (Å²) in [4.78, 5) is 12.0. The van der Waals surface area contributed by atoms with Crippen LogP contribution in [0.4, 0.5) is 29.3 Å². The predicted octanol–water partition coefficient (Wildman–Crippen LogP) is 5.63. The summed E-state index contributed by atoms with van der Waals surface area (Å²) in [6, 6.07) is 17.2. The molecule has 8 heteroatoms. The molecule has 0 aliphatic heterocycles. The van der Waals surface area contributed by atoms with Gasteiger partial charge in [-0.15, -0.1) is 0 Å². The Balaban J connectivity index is 1.60.